The highest BCUT2D eigenvalue weighted by Gasteiger charge is 2.34. The number of rotatable bonds is 4. The summed E-state index contributed by atoms with van der Waals surface area (Å²) in [7, 11) is 0. The molecule has 1 aromatic carbocycles. The fourth-order valence-corrected chi connectivity index (χ4v) is 4.07. The lowest BCUT2D eigenvalue weighted by Gasteiger charge is -2.40. The number of aryl methyl sites for hydroxylation is 2. The van der Waals surface area contributed by atoms with Crippen LogP contribution in [0.2, 0.25) is 10.0 Å². The zero-order chi connectivity index (χ0) is 24.4. The second-order valence-corrected chi connectivity index (χ2v) is 9.08. The van der Waals surface area contributed by atoms with Crippen molar-refractivity contribution in [3.05, 3.63) is 56.6 Å². The molecular weight excluding hydrogens is 467 g/mol. The molecular formula is C23H26Cl2N4O4. The summed E-state index contributed by atoms with van der Waals surface area (Å²) in [5.74, 6) is -0.832. The van der Waals surface area contributed by atoms with Crippen LogP contribution in [0.5, 0.6) is 0 Å². The molecule has 0 radical (unpaired) electrons. The second-order valence-electron chi connectivity index (χ2n) is 8.26. The van der Waals surface area contributed by atoms with Crippen molar-refractivity contribution >= 4 is 41.0 Å². The largest absolute Gasteiger partial charge is 0.459 e. The summed E-state index contributed by atoms with van der Waals surface area (Å²) >= 11 is 12.0. The average molecular weight is 493 g/mol. The van der Waals surface area contributed by atoms with Gasteiger partial charge in [0.2, 0.25) is 0 Å². The summed E-state index contributed by atoms with van der Waals surface area (Å²) in [5, 5.41) is 0.679. The Labute approximate surface area is 202 Å². The Morgan fingerprint density at radius 2 is 1.76 bits per heavy atom. The first-order valence-electron chi connectivity index (χ1n) is 10.6. The molecule has 8 nitrogen and oxygen atoms in total. The Kier molecular flexibility index (Phi) is 7.59. The normalized spacial score (nSPS) is 16.2. The lowest BCUT2D eigenvalue weighted by molar-refractivity contribution is 0.0360. The SMILES string of the molecule is Cc1nc(C)c(C(=O)OC(C)C)c(C(=O)N2CCN(C(=O)c3ccc(Cl)c(Cl)c3)C(C)C2)n1. The molecule has 0 spiro atoms. The van der Waals surface area contributed by atoms with E-state index >= 15 is 0 Å². The second kappa shape index (κ2) is 10.1. The van der Waals surface area contributed by atoms with Crippen molar-refractivity contribution < 1.29 is 19.1 Å². The van der Waals surface area contributed by atoms with Crippen LogP contribution in [-0.4, -0.2) is 69.3 Å². The molecule has 10 heteroatoms. The highest BCUT2D eigenvalue weighted by Crippen LogP contribution is 2.25. The summed E-state index contributed by atoms with van der Waals surface area (Å²) in [5.41, 5.74) is 0.901. The molecule has 2 aromatic rings. The van der Waals surface area contributed by atoms with E-state index in [0.29, 0.717) is 33.7 Å². The van der Waals surface area contributed by atoms with Gasteiger partial charge in [-0.05, 0) is 52.8 Å². The number of hydrogen-bond acceptors (Lipinski definition) is 6. The quantitative estimate of drug-likeness (QED) is 0.599. The van der Waals surface area contributed by atoms with Crippen LogP contribution in [0.4, 0.5) is 0 Å². The van der Waals surface area contributed by atoms with Crippen LogP contribution in [0.1, 0.15) is 63.5 Å². The lowest BCUT2D eigenvalue weighted by atomic mass is 10.1. The van der Waals surface area contributed by atoms with Gasteiger partial charge in [-0.1, -0.05) is 23.2 Å². The van der Waals surface area contributed by atoms with E-state index in [9.17, 15) is 14.4 Å². The molecule has 1 saturated heterocycles. The maximum Gasteiger partial charge on any atom is 0.342 e. The number of nitrogens with zero attached hydrogens (tertiary/aromatic N) is 4. The Morgan fingerprint density at radius 3 is 2.36 bits per heavy atom. The van der Waals surface area contributed by atoms with E-state index in [1.165, 1.54) is 6.07 Å². The average Bonchev–Trinajstić information content (AvgIpc) is 2.73. The van der Waals surface area contributed by atoms with Gasteiger partial charge in [0.05, 0.1) is 21.8 Å². The Morgan fingerprint density at radius 1 is 1.06 bits per heavy atom. The highest BCUT2D eigenvalue weighted by molar-refractivity contribution is 6.42. The molecule has 33 heavy (non-hydrogen) atoms. The summed E-state index contributed by atoms with van der Waals surface area (Å²) < 4.78 is 5.31. The van der Waals surface area contributed by atoms with E-state index in [1.54, 1.807) is 49.6 Å². The van der Waals surface area contributed by atoms with Gasteiger partial charge in [-0.3, -0.25) is 9.59 Å². The third-order valence-electron chi connectivity index (χ3n) is 5.29. The van der Waals surface area contributed by atoms with E-state index in [2.05, 4.69) is 9.97 Å². The molecule has 0 bridgehead atoms. The molecule has 2 heterocycles. The van der Waals surface area contributed by atoms with E-state index in [-0.39, 0.29) is 42.4 Å². The Bertz CT molecular complexity index is 1110. The van der Waals surface area contributed by atoms with Crippen LogP contribution in [-0.2, 0) is 4.74 Å². The van der Waals surface area contributed by atoms with Gasteiger partial charge in [0, 0.05) is 31.2 Å². The first kappa shape index (κ1) is 24.9. The minimum atomic E-state index is -0.632. The zero-order valence-corrected chi connectivity index (χ0v) is 20.7. The van der Waals surface area contributed by atoms with Gasteiger partial charge in [0.1, 0.15) is 17.1 Å². The molecule has 1 unspecified atom stereocenters. The lowest BCUT2D eigenvalue weighted by Crippen LogP contribution is -2.55. The third kappa shape index (κ3) is 5.45. The first-order chi connectivity index (χ1) is 15.5. The van der Waals surface area contributed by atoms with Crippen LogP contribution in [0.25, 0.3) is 0 Å². The highest BCUT2D eigenvalue weighted by atomic mass is 35.5. The molecule has 0 N–H and O–H groups in total. The number of piperazine rings is 1. The van der Waals surface area contributed by atoms with Crippen LogP contribution >= 0.6 is 23.2 Å². The number of ether oxygens (including phenoxy) is 1. The van der Waals surface area contributed by atoms with Crippen LogP contribution in [0, 0.1) is 13.8 Å². The first-order valence-corrected chi connectivity index (χ1v) is 11.4. The number of hydrogen-bond donors (Lipinski definition) is 0. The molecule has 1 fully saturated rings. The standard InChI is InChI=1S/C23H26Cl2N4O4/c1-12(2)33-23(32)19-14(4)26-15(5)27-20(19)22(31)28-8-9-29(13(3)11-28)21(30)16-6-7-17(24)18(25)10-16/h6-7,10,12-13H,8-9,11H2,1-5H3. The monoisotopic (exact) mass is 492 g/mol. The van der Waals surface area contributed by atoms with E-state index in [1.807, 2.05) is 6.92 Å². The summed E-state index contributed by atoms with van der Waals surface area (Å²) in [6.07, 6.45) is -0.350. The topological polar surface area (TPSA) is 92.7 Å². The fourth-order valence-electron chi connectivity index (χ4n) is 3.77. The predicted molar refractivity (Wildman–Crippen MR) is 125 cm³/mol. The number of amides is 2. The maximum absolute atomic E-state index is 13.4. The van der Waals surface area contributed by atoms with E-state index < -0.39 is 11.9 Å². The molecule has 1 aromatic heterocycles. The maximum atomic E-state index is 13.4. The van der Waals surface area contributed by atoms with Gasteiger partial charge in [-0.25, -0.2) is 14.8 Å². The van der Waals surface area contributed by atoms with Crippen LogP contribution < -0.4 is 0 Å². The van der Waals surface area contributed by atoms with Gasteiger partial charge >= 0.3 is 5.97 Å². The molecule has 2 amide bonds. The molecule has 0 aliphatic carbocycles. The number of esters is 1. The fraction of sp³-hybridized carbons (Fsp3) is 0.435. The van der Waals surface area contributed by atoms with Crippen LogP contribution in [0.3, 0.4) is 0 Å². The number of benzene rings is 1. The minimum Gasteiger partial charge on any atom is -0.459 e. The van der Waals surface area contributed by atoms with Crippen molar-refractivity contribution in [3.8, 4) is 0 Å². The molecule has 0 saturated carbocycles. The van der Waals surface area contributed by atoms with Crippen molar-refractivity contribution in [2.75, 3.05) is 19.6 Å². The van der Waals surface area contributed by atoms with Crippen molar-refractivity contribution in [1.29, 1.82) is 0 Å². The molecule has 1 aliphatic rings. The Balaban J connectivity index is 1.81. The van der Waals surface area contributed by atoms with Gasteiger partial charge in [-0.15, -0.1) is 0 Å². The number of halogens is 2. The zero-order valence-electron chi connectivity index (χ0n) is 19.2. The summed E-state index contributed by atoms with van der Waals surface area (Å²) in [4.78, 5) is 50.8. The van der Waals surface area contributed by atoms with Gasteiger partial charge < -0.3 is 14.5 Å². The van der Waals surface area contributed by atoms with Crippen LogP contribution in [0.15, 0.2) is 18.2 Å². The number of carbonyl (C=O) groups is 3. The Hall–Kier alpha value is -2.71. The third-order valence-corrected chi connectivity index (χ3v) is 6.03. The number of carbonyl (C=O) groups excluding carboxylic acids is 3. The van der Waals surface area contributed by atoms with E-state index in [0.717, 1.165) is 0 Å². The van der Waals surface area contributed by atoms with Gasteiger partial charge in [0.25, 0.3) is 11.8 Å². The smallest absolute Gasteiger partial charge is 0.342 e. The molecule has 3 rings (SSSR count). The van der Waals surface area contributed by atoms with E-state index in [4.69, 9.17) is 27.9 Å². The van der Waals surface area contributed by atoms with Crippen molar-refractivity contribution in [2.24, 2.45) is 0 Å². The van der Waals surface area contributed by atoms with Gasteiger partial charge in [-0.2, -0.15) is 0 Å². The predicted octanol–water partition coefficient (Wildman–Crippen LogP) is 3.95. The molecule has 176 valence electrons. The number of aromatic nitrogens is 2. The van der Waals surface area contributed by atoms with Gasteiger partial charge in [0.15, 0.2) is 0 Å². The summed E-state index contributed by atoms with van der Waals surface area (Å²) in [6, 6.07) is 4.48. The molecule has 1 atom stereocenters. The van der Waals surface area contributed by atoms with Crippen molar-refractivity contribution in [1.82, 2.24) is 19.8 Å². The summed E-state index contributed by atoms with van der Waals surface area (Å²) in [6.45, 7) is 9.53. The van der Waals surface area contributed by atoms with Crippen molar-refractivity contribution in [2.45, 2.75) is 46.8 Å². The minimum absolute atomic E-state index is 0.0158. The van der Waals surface area contributed by atoms with Crippen molar-refractivity contribution in [3.63, 3.8) is 0 Å². The molecule has 1 aliphatic heterocycles.